The van der Waals surface area contributed by atoms with Crippen molar-refractivity contribution in [2.24, 2.45) is 0 Å². The quantitative estimate of drug-likeness (QED) is 0.592. The van der Waals surface area contributed by atoms with Crippen LogP contribution in [0.15, 0.2) is 33.7 Å². The molecule has 0 radical (unpaired) electrons. The van der Waals surface area contributed by atoms with Crippen LogP contribution < -0.4 is 5.56 Å². The molecule has 0 bridgehead atoms. The Hall–Kier alpha value is -1.35. The zero-order valence-electron chi connectivity index (χ0n) is 10.3. The van der Waals surface area contributed by atoms with E-state index < -0.39 is 45.5 Å². The van der Waals surface area contributed by atoms with Gasteiger partial charge in [0.15, 0.2) is 0 Å². The van der Waals surface area contributed by atoms with Crippen molar-refractivity contribution in [3.8, 4) is 0 Å². The molecule has 1 aliphatic carbocycles. The first-order valence-corrected chi connectivity index (χ1v) is 6.41. The van der Waals surface area contributed by atoms with Crippen LogP contribution in [-0.2, 0) is 6.18 Å². The van der Waals surface area contributed by atoms with Gasteiger partial charge in [0.1, 0.15) is 11.6 Å². The molecule has 0 aliphatic heterocycles. The van der Waals surface area contributed by atoms with Crippen LogP contribution in [0.3, 0.4) is 0 Å². The number of aromatic amines is 1. The van der Waals surface area contributed by atoms with Crippen LogP contribution in [0, 0.1) is 0 Å². The fourth-order valence-corrected chi connectivity index (χ4v) is 2.73. The van der Waals surface area contributed by atoms with Crippen LogP contribution in [0.25, 0.3) is 0 Å². The lowest BCUT2D eigenvalue weighted by Crippen LogP contribution is -2.33. The minimum absolute atomic E-state index is 0.402. The number of nitrogens with zero attached hydrogens (tertiary/aromatic N) is 1. The monoisotopic (exact) mass is 366 g/mol. The number of rotatable bonds is 1. The zero-order valence-corrected chi connectivity index (χ0v) is 11.8. The zero-order chi connectivity index (χ0) is 16.9. The molecular formula is C11H6Cl2F6N2O. The summed E-state index contributed by atoms with van der Waals surface area (Å²) in [6, 6.07) is -1.39. The Morgan fingerprint density at radius 2 is 1.73 bits per heavy atom. The van der Waals surface area contributed by atoms with Crippen molar-refractivity contribution < 1.29 is 26.3 Å². The molecule has 0 fully saturated rings. The topological polar surface area (TPSA) is 37.8 Å². The number of halogens is 8. The number of aromatic nitrogens is 2. The van der Waals surface area contributed by atoms with Gasteiger partial charge >= 0.3 is 12.4 Å². The summed E-state index contributed by atoms with van der Waals surface area (Å²) >= 11 is 11.4. The van der Waals surface area contributed by atoms with Crippen molar-refractivity contribution in [1.82, 2.24) is 9.78 Å². The summed E-state index contributed by atoms with van der Waals surface area (Å²) in [4.78, 5) is 11.7. The van der Waals surface area contributed by atoms with E-state index in [2.05, 4.69) is 0 Å². The smallest absolute Gasteiger partial charge is 0.302 e. The summed E-state index contributed by atoms with van der Waals surface area (Å²) in [7, 11) is 0. The number of allylic oxidation sites excluding steroid dienone is 4. The van der Waals surface area contributed by atoms with Crippen molar-refractivity contribution >= 4 is 23.2 Å². The predicted octanol–water partition coefficient (Wildman–Crippen LogP) is 3.97. The molecule has 0 aromatic carbocycles. The minimum Gasteiger partial charge on any atom is -0.302 e. The molecule has 0 spiro atoms. The van der Waals surface area contributed by atoms with Crippen LogP contribution in [0.1, 0.15) is 11.6 Å². The average Bonchev–Trinajstić information content (AvgIpc) is 2.69. The minimum atomic E-state index is -4.90. The van der Waals surface area contributed by atoms with E-state index in [0.717, 1.165) is 0 Å². The summed E-state index contributed by atoms with van der Waals surface area (Å²) in [5.41, 5.74) is -4.10. The molecule has 1 N–H and O–H groups in total. The standard InChI is InChI=1S/C11H6Cl2F6N2O/c12-6-1-4(10(14,15)16)2-7(13)8(6)21-9(22)5(3-20-21)11(17,18)19/h1-3,6,8,20H. The fraction of sp³-hybridized carbons (Fsp3) is 0.364. The summed E-state index contributed by atoms with van der Waals surface area (Å²) in [6.45, 7) is 0. The van der Waals surface area contributed by atoms with Gasteiger partial charge in [-0.3, -0.25) is 4.79 Å². The average molecular weight is 367 g/mol. The van der Waals surface area contributed by atoms with Crippen LogP contribution in [0.4, 0.5) is 26.3 Å². The Bertz CT molecular complexity index is 697. The van der Waals surface area contributed by atoms with E-state index in [-0.39, 0.29) is 0 Å². The van der Waals surface area contributed by atoms with Gasteiger partial charge in [-0.2, -0.15) is 26.3 Å². The fourth-order valence-electron chi connectivity index (χ4n) is 1.93. The second-order valence-electron chi connectivity index (χ2n) is 4.40. The number of alkyl halides is 7. The van der Waals surface area contributed by atoms with E-state index in [4.69, 9.17) is 23.2 Å². The first-order chi connectivity index (χ1) is 9.93. The Balaban J connectivity index is 2.45. The molecule has 3 nitrogen and oxygen atoms in total. The van der Waals surface area contributed by atoms with Crippen LogP contribution >= 0.6 is 23.2 Å². The summed E-state index contributed by atoms with van der Waals surface area (Å²) in [5.74, 6) is 0. The third-order valence-corrected chi connectivity index (χ3v) is 3.62. The first kappa shape index (κ1) is 17.0. The highest BCUT2D eigenvalue weighted by molar-refractivity contribution is 6.32. The van der Waals surface area contributed by atoms with E-state index in [9.17, 15) is 31.1 Å². The third-order valence-electron chi connectivity index (χ3n) is 2.92. The maximum atomic E-state index is 12.6. The van der Waals surface area contributed by atoms with Gasteiger partial charge in [0.05, 0.1) is 11.0 Å². The van der Waals surface area contributed by atoms with Gasteiger partial charge in [-0.15, -0.1) is 11.6 Å². The van der Waals surface area contributed by atoms with Crippen molar-refractivity contribution in [2.75, 3.05) is 0 Å². The molecule has 1 aromatic heterocycles. The van der Waals surface area contributed by atoms with E-state index in [1.807, 2.05) is 5.10 Å². The Kier molecular flexibility index (Phi) is 4.16. The predicted molar refractivity (Wildman–Crippen MR) is 66.8 cm³/mol. The third kappa shape index (κ3) is 3.05. The first-order valence-electron chi connectivity index (χ1n) is 5.60. The molecule has 1 aliphatic rings. The Labute approximate surface area is 128 Å². The molecule has 122 valence electrons. The number of hydrogen-bond acceptors (Lipinski definition) is 1. The van der Waals surface area contributed by atoms with E-state index in [0.29, 0.717) is 23.0 Å². The molecule has 0 saturated heterocycles. The summed E-state index contributed by atoms with van der Waals surface area (Å²) in [5, 5.41) is 0.0694. The molecule has 2 unspecified atom stereocenters. The van der Waals surface area contributed by atoms with Crippen LogP contribution in [0.5, 0.6) is 0 Å². The molecule has 2 rings (SSSR count). The van der Waals surface area contributed by atoms with Crippen molar-refractivity contribution in [1.29, 1.82) is 0 Å². The van der Waals surface area contributed by atoms with Gasteiger partial charge in [-0.25, -0.2) is 4.68 Å². The lowest BCUT2D eigenvalue weighted by molar-refractivity contribution is -0.138. The molecule has 2 atom stereocenters. The van der Waals surface area contributed by atoms with Crippen molar-refractivity contribution in [3.63, 3.8) is 0 Å². The largest absolute Gasteiger partial charge is 0.423 e. The molecule has 11 heteroatoms. The lowest BCUT2D eigenvalue weighted by atomic mass is 10.0. The summed E-state index contributed by atoms with van der Waals surface area (Å²) < 4.78 is 76.0. The van der Waals surface area contributed by atoms with E-state index in [1.165, 1.54) is 0 Å². The van der Waals surface area contributed by atoms with Gasteiger partial charge < -0.3 is 5.10 Å². The van der Waals surface area contributed by atoms with E-state index in [1.54, 1.807) is 0 Å². The SMILES string of the molecule is O=c1c(C(F)(F)F)c[nH]n1C1C(Cl)=CC(C(F)(F)F)=CC1Cl. The second-order valence-corrected chi connectivity index (χ2v) is 5.34. The molecule has 22 heavy (non-hydrogen) atoms. The van der Waals surface area contributed by atoms with Crippen molar-refractivity contribution in [2.45, 2.75) is 23.8 Å². The van der Waals surface area contributed by atoms with Crippen LogP contribution in [0.2, 0.25) is 0 Å². The van der Waals surface area contributed by atoms with Gasteiger partial charge in [-0.1, -0.05) is 17.7 Å². The maximum absolute atomic E-state index is 12.6. The molecule has 0 amide bonds. The molecular weight excluding hydrogens is 361 g/mol. The highest BCUT2D eigenvalue weighted by Gasteiger charge is 2.41. The van der Waals surface area contributed by atoms with Gasteiger partial charge in [0.2, 0.25) is 0 Å². The van der Waals surface area contributed by atoms with Gasteiger partial charge in [-0.05, 0) is 6.08 Å². The van der Waals surface area contributed by atoms with Crippen LogP contribution in [-0.4, -0.2) is 21.3 Å². The Morgan fingerprint density at radius 1 is 1.14 bits per heavy atom. The number of hydrogen-bond donors (Lipinski definition) is 1. The highest BCUT2D eigenvalue weighted by atomic mass is 35.5. The van der Waals surface area contributed by atoms with Gasteiger partial charge in [0.25, 0.3) is 5.56 Å². The number of nitrogens with one attached hydrogen (secondary N) is 1. The molecule has 1 heterocycles. The van der Waals surface area contributed by atoms with Crippen molar-refractivity contribution in [3.05, 3.63) is 44.9 Å². The summed E-state index contributed by atoms with van der Waals surface area (Å²) in [6.07, 6.45) is -8.11. The molecule has 0 saturated carbocycles. The normalized spacial score (nSPS) is 23.3. The molecule has 1 aromatic rings. The van der Waals surface area contributed by atoms with E-state index >= 15 is 0 Å². The maximum Gasteiger partial charge on any atom is 0.423 e. The lowest BCUT2D eigenvalue weighted by Gasteiger charge is -2.25. The number of H-pyrrole nitrogens is 1. The Morgan fingerprint density at radius 3 is 2.14 bits per heavy atom. The highest BCUT2D eigenvalue weighted by Crippen LogP contribution is 2.39. The van der Waals surface area contributed by atoms with Gasteiger partial charge in [0, 0.05) is 11.2 Å². The second kappa shape index (κ2) is 5.38.